The lowest BCUT2D eigenvalue weighted by Gasteiger charge is -2.36. The molecule has 1 saturated heterocycles. The summed E-state index contributed by atoms with van der Waals surface area (Å²) in [4.78, 5) is 2.55. The molecular weight excluding hydrogens is 286 g/mol. The summed E-state index contributed by atoms with van der Waals surface area (Å²) in [5, 5.41) is 0. The van der Waals surface area contributed by atoms with Gasteiger partial charge in [-0.1, -0.05) is 31.2 Å². The number of hydrogen-bond acceptors (Lipinski definition) is 3. The summed E-state index contributed by atoms with van der Waals surface area (Å²) in [6.07, 6.45) is 1.82. The van der Waals surface area contributed by atoms with Crippen LogP contribution in [0, 0.1) is 5.92 Å². The monoisotopic (exact) mass is 319 g/mol. The highest BCUT2D eigenvalue weighted by molar-refractivity contribution is 5.26. The Morgan fingerprint density at radius 3 is 2.26 bits per heavy atom. The summed E-state index contributed by atoms with van der Waals surface area (Å²) in [5.74, 6) is 0.647. The Morgan fingerprint density at radius 1 is 1.17 bits per heavy atom. The summed E-state index contributed by atoms with van der Waals surface area (Å²) in [5.41, 5.74) is 2.42. The van der Waals surface area contributed by atoms with E-state index in [-0.39, 0.29) is 5.60 Å². The van der Waals surface area contributed by atoms with Gasteiger partial charge < -0.3 is 9.47 Å². The molecule has 1 fully saturated rings. The van der Waals surface area contributed by atoms with E-state index in [1.807, 2.05) is 0 Å². The first-order valence-corrected chi connectivity index (χ1v) is 8.82. The fraction of sp³-hybridized carbons (Fsp3) is 0.700. The summed E-state index contributed by atoms with van der Waals surface area (Å²) in [6.45, 7) is 14.1. The topological polar surface area (TPSA) is 21.7 Å². The van der Waals surface area contributed by atoms with Crippen molar-refractivity contribution in [1.82, 2.24) is 4.90 Å². The van der Waals surface area contributed by atoms with Gasteiger partial charge in [0.2, 0.25) is 0 Å². The minimum Gasteiger partial charge on any atom is -0.374 e. The average Bonchev–Trinajstić information content (AvgIpc) is 2.46. The molecule has 2 rings (SSSR count). The molecule has 0 spiro atoms. The van der Waals surface area contributed by atoms with Crippen LogP contribution in [0.3, 0.4) is 0 Å². The van der Waals surface area contributed by atoms with E-state index >= 15 is 0 Å². The van der Waals surface area contributed by atoms with Gasteiger partial charge in [0, 0.05) is 26.7 Å². The number of benzene rings is 1. The molecule has 1 aromatic carbocycles. The van der Waals surface area contributed by atoms with Crippen LogP contribution in [0.1, 0.15) is 45.7 Å². The molecule has 1 heterocycles. The van der Waals surface area contributed by atoms with Crippen molar-refractivity contribution in [1.29, 1.82) is 0 Å². The Labute approximate surface area is 142 Å². The SMILES string of the molecule is COC(C)(C)c1ccc(CC(C)CN2C[C@@H](C)O[C@@H](C)C2)cc1. The van der Waals surface area contributed by atoms with E-state index in [1.54, 1.807) is 7.11 Å². The molecule has 0 aromatic heterocycles. The molecule has 0 bridgehead atoms. The van der Waals surface area contributed by atoms with Gasteiger partial charge in [0.15, 0.2) is 0 Å². The van der Waals surface area contributed by atoms with E-state index in [0.717, 1.165) is 26.1 Å². The number of methoxy groups -OCH3 is 1. The molecule has 0 aliphatic carbocycles. The van der Waals surface area contributed by atoms with Crippen molar-refractivity contribution in [2.75, 3.05) is 26.7 Å². The molecule has 3 heteroatoms. The van der Waals surface area contributed by atoms with E-state index < -0.39 is 0 Å². The zero-order valence-electron chi connectivity index (χ0n) is 15.6. The van der Waals surface area contributed by atoms with Crippen LogP contribution in [0.15, 0.2) is 24.3 Å². The summed E-state index contributed by atoms with van der Waals surface area (Å²) >= 11 is 0. The lowest BCUT2D eigenvalue weighted by atomic mass is 9.94. The second-order valence-corrected chi connectivity index (χ2v) is 7.70. The highest BCUT2D eigenvalue weighted by atomic mass is 16.5. The Kier molecular flexibility index (Phi) is 6.24. The van der Waals surface area contributed by atoms with Crippen LogP contribution >= 0.6 is 0 Å². The lowest BCUT2D eigenvalue weighted by molar-refractivity contribution is -0.0708. The Morgan fingerprint density at radius 2 is 1.74 bits per heavy atom. The molecule has 0 amide bonds. The number of ether oxygens (including phenoxy) is 2. The van der Waals surface area contributed by atoms with Gasteiger partial charge in [-0.05, 0) is 51.2 Å². The highest BCUT2D eigenvalue weighted by Crippen LogP contribution is 2.24. The summed E-state index contributed by atoms with van der Waals surface area (Å²) in [7, 11) is 1.76. The number of rotatable bonds is 6. The molecule has 3 nitrogen and oxygen atoms in total. The minimum absolute atomic E-state index is 0.218. The molecule has 1 aliphatic rings. The van der Waals surface area contributed by atoms with Crippen molar-refractivity contribution >= 4 is 0 Å². The Bertz CT molecular complexity index is 473. The van der Waals surface area contributed by atoms with Crippen LogP contribution in [0.25, 0.3) is 0 Å². The van der Waals surface area contributed by atoms with E-state index in [2.05, 4.69) is 63.8 Å². The molecule has 0 saturated carbocycles. The molecule has 23 heavy (non-hydrogen) atoms. The maximum atomic E-state index is 5.82. The van der Waals surface area contributed by atoms with Crippen LogP contribution < -0.4 is 0 Å². The Balaban J connectivity index is 1.89. The molecule has 1 aliphatic heterocycles. The highest BCUT2D eigenvalue weighted by Gasteiger charge is 2.23. The maximum absolute atomic E-state index is 5.82. The molecular formula is C20H33NO2. The molecule has 0 radical (unpaired) electrons. The van der Waals surface area contributed by atoms with Crippen LogP contribution in [0.5, 0.6) is 0 Å². The maximum Gasteiger partial charge on any atom is 0.0871 e. The first kappa shape index (κ1) is 18.4. The van der Waals surface area contributed by atoms with Crippen molar-refractivity contribution in [2.45, 2.75) is 58.8 Å². The molecule has 130 valence electrons. The van der Waals surface area contributed by atoms with Gasteiger partial charge in [-0.2, -0.15) is 0 Å². The second kappa shape index (κ2) is 7.78. The van der Waals surface area contributed by atoms with E-state index in [0.29, 0.717) is 18.1 Å². The van der Waals surface area contributed by atoms with Crippen LogP contribution in [-0.2, 0) is 21.5 Å². The number of nitrogens with zero attached hydrogens (tertiary/aromatic N) is 1. The quantitative estimate of drug-likeness (QED) is 0.795. The summed E-state index contributed by atoms with van der Waals surface area (Å²) in [6, 6.07) is 8.89. The van der Waals surface area contributed by atoms with Gasteiger partial charge in [-0.15, -0.1) is 0 Å². The van der Waals surface area contributed by atoms with Gasteiger partial charge in [0.1, 0.15) is 0 Å². The third kappa shape index (κ3) is 5.30. The fourth-order valence-electron chi connectivity index (χ4n) is 3.50. The van der Waals surface area contributed by atoms with Crippen LogP contribution in [0.2, 0.25) is 0 Å². The fourth-order valence-corrected chi connectivity index (χ4v) is 3.50. The minimum atomic E-state index is -0.218. The van der Waals surface area contributed by atoms with Crippen molar-refractivity contribution in [3.05, 3.63) is 35.4 Å². The predicted molar refractivity (Wildman–Crippen MR) is 95.8 cm³/mol. The lowest BCUT2D eigenvalue weighted by Crippen LogP contribution is -2.47. The smallest absolute Gasteiger partial charge is 0.0871 e. The molecule has 3 atom stereocenters. The zero-order chi connectivity index (χ0) is 17.0. The third-order valence-corrected chi connectivity index (χ3v) is 4.81. The number of hydrogen-bond donors (Lipinski definition) is 0. The van der Waals surface area contributed by atoms with Crippen molar-refractivity contribution in [3.8, 4) is 0 Å². The first-order chi connectivity index (χ1) is 10.8. The van der Waals surface area contributed by atoms with Gasteiger partial charge in [-0.3, -0.25) is 4.90 Å². The summed E-state index contributed by atoms with van der Waals surface area (Å²) < 4.78 is 11.4. The van der Waals surface area contributed by atoms with Crippen molar-refractivity contribution < 1.29 is 9.47 Å². The van der Waals surface area contributed by atoms with Crippen LogP contribution in [-0.4, -0.2) is 43.9 Å². The molecule has 1 unspecified atom stereocenters. The first-order valence-electron chi connectivity index (χ1n) is 8.82. The predicted octanol–water partition coefficient (Wildman–Crippen LogP) is 3.86. The normalized spacial score (nSPS) is 24.6. The van der Waals surface area contributed by atoms with Crippen molar-refractivity contribution in [2.24, 2.45) is 5.92 Å². The van der Waals surface area contributed by atoms with E-state index in [1.165, 1.54) is 11.1 Å². The van der Waals surface area contributed by atoms with Gasteiger partial charge in [0.05, 0.1) is 17.8 Å². The van der Waals surface area contributed by atoms with Crippen LogP contribution in [0.4, 0.5) is 0 Å². The second-order valence-electron chi connectivity index (χ2n) is 7.70. The molecule has 0 N–H and O–H groups in total. The van der Waals surface area contributed by atoms with Gasteiger partial charge in [-0.25, -0.2) is 0 Å². The van der Waals surface area contributed by atoms with Crippen molar-refractivity contribution in [3.63, 3.8) is 0 Å². The van der Waals surface area contributed by atoms with Gasteiger partial charge in [0.25, 0.3) is 0 Å². The van der Waals surface area contributed by atoms with E-state index in [9.17, 15) is 0 Å². The van der Waals surface area contributed by atoms with Gasteiger partial charge >= 0.3 is 0 Å². The largest absolute Gasteiger partial charge is 0.374 e. The standard InChI is InChI=1S/C20H33NO2/c1-15(12-21-13-16(2)23-17(3)14-21)11-18-7-9-19(10-8-18)20(4,5)22-6/h7-10,15-17H,11-14H2,1-6H3/t15?,16-,17+. The Hall–Kier alpha value is -0.900. The number of morpholine rings is 1. The third-order valence-electron chi connectivity index (χ3n) is 4.81. The molecule has 1 aromatic rings. The average molecular weight is 319 g/mol. The zero-order valence-corrected chi connectivity index (χ0v) is 15.6. The van der Waals surface area contributed by atoms with E-state index in [4.69, 9.17) is 9.47 Å².